The molecular weight excluding hydrogens is 204 g/mol. The molecule has 2 rings (SSSR count). The van der Waals surface area contributed by atoms with Crippen LogP contribution in [0.15, 0.2) is 18.2 Å². The van der Waals surface area contributed by atoms with E-state index in [1.54, 1.807) is 6.07 Å². The Bertz CT molecular complexity index is 385. The summed E-state index contributed by atoms with van der Waals surface area (Å²) < 4.78 is 0. The third-order valence-electron chi connectivity index (χ3n) is 2.80. The number of hydrogen-bond acceptors (Lipinski definition) is 4. The second kappa shape index (κ2) is 4.49. The predicted molar refractivity (Wildman–Crippen MR) is 62.7 cm³/mol. The molecule has 5 heteroatoms. The van der Waals surface area contributed by atoms with Crippen LogP contribution in [0.4, 0.5) is 5.82 Å². The first-order chi connectivity index (χ1) is 7.66. The number of rotatable bonds is 2. The zero-order valence-electron chi connectivity index (χ0n) is 9.06. The SMILES string of the molecule is N=C(N)c1cccc(N2CCC(O)CC2)n1. The number of nitrogens with two attached hydrogens (primary N) is 1. The van der Waals surface area contributed by atoms with Gasteiger partial charge in [0, 0.05) is 13.1 Å². The quantitative estimate of drug-likeness (QED) is 0.495. The summed E-state index contributed by atoms with van der Waals surface area (Å²) in [5.41, 5.74) is 5.90. The number of piperidine rings is 1. The number of nitrogens with one attached hydrogen (secondary N) is 1. The summed E-state index contributed by atoms with van der Waals surface area (Å²) in [5, 5.41) is 16.8. The van der Waals surface area contributed by atoms with Crippen molar-refractivity contribution in [2.24, 2.45) is 5.73 Å². The Morgan fingerprint density at radius 3 is 2.75 bits per heavy atom. The Hall–Kier alpha value is -1.62. The number of nitrogens with zero attached hydrogens (tertiary/aromatic N) is 2. The summed E-state index contributed by atoms with van der Waals surface area (Å²) in [5.74, 6) is 0.818. The van der Waals surface area contributed by atoms with Gasteiger partial charge in [0.15, 0.2) is 0 Å². The van der Waals surface area contributed by atoms with E-state index in [1.165, 1.54) is 0 Å². The van der Waals surface area contributed by atoms with E-state index in [0.717, 1.165) is 31.7 Å². The Morgan fingerprint density at radius 2 is 2.12 bits per heavy atom. The minimum atomic E-state index is -0.188. The van der Waals surface area contributed by atoms with Crippen LogP contribution in [0.2, 0.25) is 0 Å². The molecule has 0 saturated carbocycles. The molecule has 1 fully saturated rings. The molecule has 1 aromatic heterocycles. The zero-order chi connectivity index (χ0) is 11.5. The van der Waals surface area contributed by atoms with Gasteiger partial charge in [0.05, 0.1) is 6.10 Å². The molecule has 0 unspecified atom stereocenters. The lowest BCUT2D eigenvalue weighted by Gasteiger charge is -2.30. The number of pyridine rings is 1. The molecule has 16 heavy (non-hydrogen) atoms. The highest BCUT2D eigenvalue weighted by molar-refractivity contribution is 5.93. The molecule has 0 aliphatic carbocycles. The van der Waals surface area contributed by atoms with Crippen molar-refractivity contribution < 1.29 is 5.11 Å². The number of hydrogen-bond donors (Lipinski definition) is 3. The molecule has 0 radical (unpaired) electrons. The smallest absolute Gasteiger partial charge is 0.141 e. The molecule has 1 aromatic rings. The summed E-state index contributed by atoms with van der Waals surface area (Å²) in [6.45, 7) is 1.60. The molecule has 86 valence electrons. The molecule has 0 atom stereocenters. The summed E-state index contributed by atoms with van der Waals surface area (Å²) in [4.78, 5) is 6.43. The fraction of sp³-hybridized carbons (Fsp3) is 0.455. The molecule has 0 amide bonds. The van der Waals surface area contributed by atoms with E-state index in [0.29, 0.717) is 5.69 Å². The number of aliphatic hydroxyl groups is 1. The number of nitrogen functional groups attached to an aromatic ring is 1. The highest BCUT2D eigenvalue weighted by atomic mass is 16.3. The number of amidine groups is 1. The molecule has 1 aliphatic heterocycles. The van der Waals surface area contributed by atoms with Crippen LogP contribution in [0.5, 0.6) is 0 Å². The molecule has 5 nitrogen and oxygen atoms in total. The van der Waals surface area contributed by atoms with Gasteiger partial charge >= 0.3 is 0 Å². The van der Waals surface area contributed by atoms with E-state index < -0.39 is 0 Å². The van der Waals surface area contributed by atoms with Crippen LogP contribution in [0.25, 0.3) is 0 Å². The van der Waals surface area contributed by atoms with E-state index in [-0.39, 0.29) is 11.9 Å². The minimum absolute atomic E-state index is 0.0149. The third kappa shape index (κ3) is 2.30. The number of aliphatic hydroxyl groups excluding tert-OH is 1. The van der Waals surface area contributed by atoms with Crippen LogP contribution >= 0.6 is 0 Å². The van der Waals surface area contributed by atoms with Gasteiger partial charge in [0.2, 0.25) is 0 Å². The van der Waals surface area contributed by atoms with Crippen molar-refractivity contribution in [1.29, 1.82) is 5.41 Å². The van der Waals surface area contributed by atoms with E-state index in [2.05, 4.69) is 9.88 Å². The van der Waals surface area contributed by atoms with Gasteiger partial charge in [-0.1, -0.05) is 6.07 Å². The highest BCUT2D eigenvalue weighted by Crippen LogP contribution is 2.17. The maximum atomic E-state index is 9.42. The molecule has 0 spiro atoms. The lowest BCUT2D eigenvalue weighted by molar-refractivity contribution is 0.145. The maximum absolute atomic E-state index is 9.42. The Labute approximate surface area is 94.4 Å². The second-order valence-corrected chi connectivity index (χ2v) is 4.01. The normalized spacial score (nSPS) is 17.4. The van der Waals surface area contributed by atoms with Crippen molar-refractivity contribution in [1.82, 2.24) is 4.98 Å². The van der Waals surface area contributed by atoms with E-state index >= 15 is 0 Å². The zero-order valence-corrected chi connectivity index (χ0v) is 9.06. The van der Waals surface area contributed by atoms with Crippen molar-refractivity contribution in [2.45, 2.75) is 18.9 Å². The first kappa shape index (κ1) is 10.9. The second-order valence-electron chi connectivity index (χ2n) is 4.01. The fourth-order valence-corrected chi connectivity index (χ4v) is 1.84. The van der Waals surface area contributed by atoms with Crippen molar-refractivity contribution in [3.63, 3.8) is 0 Å². The topological polar surface area (TPSA) is 86.2 Å². The third-order valence-corrected chi connectivity index (χ3v) is 2.80. The van der Waals surface area contributed by atoms with Gasteiger partial charge in [-0.2, -0.15) is 0 Å². The van der Waals surface area contributed by atoms with Crippen molar-refractivity contribution >= 4 is 11.7 Å². The summed E-state index contributed by atoms with van der Waals surface area (Å²) in [6.07, 6.45) is 1.35. The summed E-state index contributed by atoms with van der Waals surface area (Å²) in [6, 6.07) is 5.48. The molecule has 2 heterocycles. The van der Waals surface area contributed by atoms with E-state index in [1.807, 2.05) is 12.1 Å². The fourth-order valence-electron chi connectivity index (χ4n) is 1.84. The van der Waals surface area contributed by atoms with Gasteiger partial charge < -0.3 is 15.7 Å². The van der Waals surface area contributed by atoms with Gasteiger partial charge in [-0.3, -0.25) is 5.41 Å². The van der Waals surface area contributed by atoms with Gasteiger partial charge in [-0.15, -0.1) is 0 Å². The Morgan fingerprint density at radius 1 is 1.44 bits per heavy atom. The van der Waals surface area contributed by atoms with Crippen molar-refractivity contribution in [3.8, 4) is 0 Å². The molecule has 0 aromatic carbocycles. The summed E-state index contributed by atoms with van der Waals surface area (Å²) >= 11 is 0. The van der Waals surface area contributed by atoms with Gasteiger partial charge in [-0.25, -0.2) is 4.98 Å². The average Bonchev–Trinajstić information content (AvgIpc) is 2.30. The van der Waals surface area contributed by atoms with Crippen molar-refractivity contribution in [2.75, 3.05) is 18.0 Å². The summed E-state index contributed by atoms with van der Waals surface area (Å²) in [7, 11) is 0. The number of anilines is 1. The standard InChI is InChI=1S/C11H16N4O/c12-11(13)9-2-1-3-10(14-9)15-6-4-8(16)5-7-15/h1-3,8,16H,4-7H2,(H3,12,13). The molecule has 0 bridgehead atoms. The lowest BCUT2D eigenvalue weighted by Crippen LogP contribution is -2.36. The van der Waals surface area contributed by atoms with Crippen LogP contribution in [-0.2, 0) is 0 Å². The Kier molecular flexibility index (Phi) is 3.05. The Balaban J connectivity index is 2.14. The lowest BCUT2D eigenvalue weighted by atomic mass is 10.1. The van der Waals surface area contributed by atoms with Crippen LogP contribution in [0.3, 0.4) is 0 Å². The van der Waals surface area contributed by atoms with Crippen LogP contribution in [-0.4, -0.2) is 35.1 Å². The molecular formula is C11H16N4O. The van der Waals surface area contributed by atoms with Crippen LogP contribution < -0.4 is 10.6 Å². The van der Waals surface area contributed by atoms with Gasteiger partial charge in [0.1, 0.15) is 17.3 Å². The van der Waals surface area contributed by atoms with Crippen LogP contribution in [0, 0.1) is 5.41 Å². The van der Waals surface area contributed by atoms with Gasteiger partial charge in [-0.05, 0) is 25.0 Å². The van der Waals surface area contributed by atoms with E-state index in [9.17, 15) is 5.11 Å². The minimum Gasteiger partial charge on any atom is -0.393 e. The molecule has 4 N–H and O–H groups in total. The average molecular weight is 220 g/mol. The van der Waals surface area contributed by atoms with E-state index in [4.69, 9.17) is 11.1 Å². The maximum Gasteiger partial charge on any atom is 0.141 e. The number of aromatic nitrogens is 1. The molecule has 1 saturated heterocycles. The predicted octanol–water partition coefficient (Wildman–Crippen LogP) is 0.327. The van der Waals surface area contributed by atoms with Crippen LogP contribution in [0.1, 0.15) is 18.5 Å². The largest absolute Gasteiger partial charge is 0.393 e. The van der Waals surface area contributed by atoms with Gasteiger partial charge in [0.25, 0.3) is 0 Å². The monoisotopic (exact) mass is 220 g/mol. The first-order valence-corrected chi connectivity index (χ1v) is 5.41. The molecule has 1 aliphatic rings. The first-order valence-electron chi connectivity index (χ1n) is 5.41. The highest BCUT2D eigenvalue weighted by Gasteiger charge is 2.18. The van der Waals surface area contributed by atoms with Crippen molar-refractivity contribution in [3.05, 3.63) is 23.9 Å².